The molecule has 90 valence electrons. The van der Waals surface area contributed by atoms with Crippen molar-refractivity contribution in [3.8, 4) is 0 Å². The predicted octanol–water partition coefficient (Wildman–Crippen LogP) is 2.10. The third-order valence-electron chi connectivity index (χ3n) is 2.41. The first-order valence-corrected chi connectivity index (χ1v) is 5.27. The van der Waals surface area contributed by atoms with Gasteiger partial charge >= 0.3 is 0 Å². The second-order valence-corrected chi connectivity index (χ2v) is 3.69. The van der Waals surface area contributed by atoms with E-state index in [1.165, 1.54) is 0 Å². The highest BCUT2D eigenvalue weighted by atomic mass is 35.5. The highest BCUT2D eigenvalue weighted by Gasteiger charge is 2.08. The maximum absolute atomic E-state index is 11.7. The fourth-order valence-electron chi connectivity index (χ4n) is 1.25. The molecular weight excluding hydrogens is 224 g/mol. The van der Waals surface area contributed by atoms with Gasteiger partial charge in [-0.25, -0.2) is 0 Å². The minimum Gasteiger partial charge on any atom is -0.350 e. The minimum absolute atomic E-state index is 0. The van der Waals surface area contributed by atoms with Crippen LogP contribution in [0.3, 0.4) is 0 Å². The van der Waals surface area contributed by atoms with E-state index in [4.69, 9.17) is 5.73 Å². The summed E-state index contributed by atoms with van der Waals surface area (Å²) in [6, 6.07) is 7.61. The van der Waals surface area contributed by atoms with Crippen LogP contribution >= 0.6 is 12.4 Å². The van der Waals surface area contributed by atoms with Crippen molar-refractivity contribution in [2.75, 3.05) is 0 Å². The maximum atomic E-state index is 11.7. The Kier molecular flexibility index (Phi) is 6.77. The Morgan fingerprint density at radius 2 is 2.19 bits per heavy atom. The molecule has 1 aromatic rings. The lowest BCUT2D eigenvalue weighted by Gasteiger charge is -2.11. The van der Waals surface area contributed by atoms with Gasteiger partial charge in [-0.1, -0.05) is 19.1 Å². The van der Waals surface area contributed by atoms with Crippen molar-refractivity contribution in [2.45, 2.75) is 32.9 Å². The molecule has 0 radical (unpaired) electrons. The van der Waals surface area contributed by atoms with Crippen molar-refractivity contribution in [1.29, 1.82) is 0 Å². The second-order valence-electron chi connectivity index (χ2n) is 3.69. The largest absolute Gasteiger partial charge is 0.350 e. The van der Waals surface area contributed by atoms with Gasteiger partial charge in [-0.3, -0.25) is 4.79 Å². The SMILES string of the molecule is CCC(C)NC(=O)c1cccc(CN)c1.Cl. The van der Waals surface area contributed by atoms with E-state index in [-0.39, 0.29) is 24.4 Å². The lowest BCUT2D eigenvalue weighted by atomic mass is 10.1. The van der Waals surface area contributed by atoms with E-state index in [9.17, 15) is 4.79 Å². The number of hydrogen-bond acceptors (Lipinski definition) is 2. The van der Waals surface area contributed by atoms with E-state index in [1.807, 2.05) is 32.0 Å². The molecule has 0 heterocycles. The Balaban J connectivity index is 0.00000225. The summed E-state index contributed by atoms with van der Waals surface area (Å²) in [4.78, 5) is 11.7. The molecular formula is C12H19ClN2O. The van der Waals surface area contributed by atoms with Gasteiger partial charge in [-0.05, 0) is 31.0 Å². The summed E-state index contributed by atoms with van der Waals surface area (Å²) < 4.78 is 0. The Labute approximate surface area is 103 Å². The van der Waals surface area contributed by atoms with Crippen LogP contribution in [0, 0.1) is 0 Å². The highest BCUT2D eigenvalue weighted by Crippen LogP contribution is 2.05. The summed E-state index contributed by atoms with van der Waals surface area (Å²) in [7, 11) is 0. The Bertz CT molecular complexity index is 342. The molecule has 0 aliphatic carbocycles. The number of halogens is 1. The molecule has 0 saturated carbocycles. The third kappa shape index (κ3) is 4.21. The van der Waals surface area contributed by atoms with Gasteiger partial charge in [0.1, 0.15) is 0 Å². The van der Waals surface area contributed by atoms with E-state index >= 15 is 0 Å². The van der Waals surface area contributed by atoms with Crippen LogP contribution in [0.5, 0.6) is 0 Å². The summed E-state index contributed by atoms with van der Waals surface area (Å²) in [5.74, 6) is -0.0281. The molecule has 3 N–H and O–H groups in total. The summed E-state index contributed by atoms with van der Waals surface area (Å²) >= 11 is 0. The molecule has 0 saturated heterocycles. The van der Waals surface area contributed by atoms with Crippen LogP contribution in [0.2, 0.25) is 0 Å². The van der Waals surface area contributed by atoms with Crippen LogP contribution < -0.4 is 11.1 Å². The van der Waals surface area contributed by atoms with Gasteiger partial charge in [0.25, 0.3) is 5.91 Å². The van der Waals surface area contributed by atoms with Gasteiger partial charge in [0.05, 0.1) is 0 Å². The molecule has 16 heavy (non-hydrogen) atoms. The third-order valence-corrected chi connectivity index (χ3v) is 2.41. The zero-order chi connectivity index (χ0) is 11.3. The predicted molar refractivity (Wildman–Crippen MR) is 68.8 cm³/mol. The van der Waals surface area contributed by atoms with E-state index < -0.39 is 0 Å². The zero-order valence-electron chi connectivity index (χ0n) is 9.69. The van der Waals surface area contributed by atoms with Crippen LogP contribution in [0.15, 0.2) is 24.3 Å². The number of benzene rings is 1. The van der Waals surface area contributed by atoms with E-state index in [0.717, 1.165) is 12.0 Å². The number of amides is 1. The fraction of sp³-hybridized carbons (Fsp3) is 0.417. The first-order valence-electron chi connectivity index (χ1n) is 5.27. The van der Waals surface area contributed by atoms with E-state index in [2.05, 4.69) is 5.32 Å². The smallest absolute Gasteiger partial charge is 0.251 e. The number of carbonyl (C=O) groups is 1. The Morgan fingerprint density at radius 1 is 1.50 bits per heavy atom. The normalized spacial score (nSPS) is 11.4. The van der Waals surface area contributed by atoms with Gasteiger partial charge in [0, 0.05) is 18.2 Å². The van der Waals surface area contributed by atoms with Gasteiger partial charge in [-0.15, -0.1) is 12.4 Å². The molecule has 0 spiro atoms. The Morgan fingerprint density at radius 3 is 2.75 bits per heavy atom. The topological polar surface area (TPSA) is 55.1 Å². The van der Waals surface area contributed by atoms with Crippen molar-refractivity contribution in [3.63, 3.8) is 0 Å². The van der Waals surface area contributed by atoms with Crippen molar-refractivity contribution in [3.05, 3.63) is 35.4 Å². The summed E-state index contributed by atoms with van der Waals surface area (Å²) in [5, 5.41) is 2.92. The fourth-order valence-corrected chi connectivity index (χ4v) is 1.25. The maximum Gasteiger partial charge on any atom is 0.251 e. The molecule has 1 rings (SSSR count). The number of nitrogens with two attached hydrogens (primary N) is 1. The zero-order valence-corrected chi connectivity index (χ0v) is 10.5. The monoisotopic (exact) mass is 242 g/mol. The van der Waals surface area contributed by atoms with Crippen LogP contribution in [-0.4, -0.2) is 11.9 Å². The summed E-state index contributed by atoms with van der Waals surface area (Å²) in [6.07, 6.45) is 0.933. The van der Waals surface area contributed by atoms with E-state index in [0.29, 0.717) is 12.1 Å². The first-order chi connectivity index (χ1) is 7.17. The number of hydrogen-bond donors (Lipinski definition) is 2. The quantitative estimate of drug-likeness (QED) is 0.850. The van der Waals surface area contributed by atoms with Crippen LogP contribution in [0.4, 0.5) is 0 Å². The molecule has 1 aromatic carbocycles. The van der Waals surface area contributed by atoms with Crippen LogP contribution in [0.1, 0.15) is 36.2 Å². The molecule has 0 aliphatic rings. The average molecular weight is 243 g/mol. The summed E-state index contributed by atoms with van der Waals surface area (Å²) in [6.45, 7) is 4.50. The number of carbonyl (C=O) groups excluding carboxylic acids is 1. The molecule has 4 heteroatoms. The van der Waals surface area contributed by atoms with Crippen molar-refractivity contribution in [2.24, 2.45) is 5.73 Å². The molecule has 0 aromatic heterocycles. The average Bonchev–Trinajstić information content (AvgIpc) is 2.28. The lowest BCUT2D eigenvalue weighted by molar-refractivity contribution is 0.0939. The van der Waals surface area contributed by atoms with Gasteiger partial charge in [0.15, 0.2) is 0 Å². The van der Waals surface area contributed by atoms with Gasteiger partial charge < -0.3 is 11.1 Å². The number of rotatable bonds is 4. The van der Waals surface area contributed by atoms with Gasteiger partial charge in [-0.2, -0.15) is 0 Å². The molecule has 0 aliphatic heterocycles. The van der Waals surface area contributed by atoms with Crippen LogP contribution in [0.25, 0.3) is 0 Å². The van der Waals surface area contributed by atoms with Crippen molar-refractivity contribution >= 4 is 18.3 Å². The second kappa shape index (κ2) is 7.25. The number of nitrogens with one attached hydrogen (secondary N) is 1. The van der Waals surface area contributed by atoms with Crippen molar-refractivity contribution in [1.82, 2.24) is 5.32 Å². The molecule has 1 amide bonds. The molecule has 3 nitrogen and oxygen atoms in total. The van der Waals surface area contributed by atoms with Gasteiger partial charge in [0.2, 0.25) is 0 Å². The van der Waals surface area contributed by atoms with Crippen molar-refractivity contribution < 1.29 is 4.79 Å². The molecule has 1 atom stereocenters. The highest BCUT2D eigenvalue weighted by molar-refractivity contribution is 5.94. The molecule has 0 fully saturated rings. The first kappa shape index (κ1) is 14.9. The summed E-state index contributed by atoms with van der Waals surface area (Å²) in [5.41, 5.74) is 7.17. The van der Waals surface area contributed by atoms with E-state index in [1.54, 1.807) is 6.07 Å². The molecule has 1 unspecified atom stereocenters. The standard InChI is InChI=1S/C12H18N2O.ClH/c1-3-9(2)14-12(15)11-6-4-5-10(7-11)8-13;/h4-7,9H,3,8,13H2,1-2H3,(H,14,15);1H. The minimum atomic E-state index is -0.0281. The Hall–Kier alpha value is -1.06. The van der Waals surface area contributed by atoms with Crippen LogP contribution in [-0.2, 0) is 6.54 Å². The lowest BCUT2D eigenvalue weighted by Crippen LogP contribution is -2.31. The molecule has 0 bridgehead atoms.